The molecule has 1 heterocycles. The van der Waals surface area contributed by atoms with E-state index >= 15 is 0 Å². The highest BCUT2D eigenvalue weighted by Gasteiger charge is 2.44. The van der Waals surface area contributed by atoms with Crippen LogP contribution in [0.15, 0.2) is 65.9 Å². The van der Waals surface area contributed by atoms with E-state index in [0.717, 1.165) is 18.7 Å². The largest absolute Gasteiger partial charge is 0.503 e. The zero-order chi connectivity index (χ0) is 24.7. The summed E-state index contributed by atoms with van der Waals surface area (Å²) in [7, 11) is 3.08. The molecule has 34 heavy (non-hydrogen) atoms. The van der Waals surface area contributed by atoms with Gasteiger partial charge in [-0.3, -0.25) is 9.59 Å². The molecular formula is C27H32N2O5. The van der Waals surface area contributed by atoms with E-state index in [4.69, 9.17) is 9.47 Å². The van der Waals surface area contributed by atoms with E-state index in [9.17, 15) is 14.7 Å². The Morgan fingerprint density at radius 2 is 1.79 bits per heavy atom. The van der Waals surface area contributed by atoms with Crippen molar-refractivity contribution in [3.05, 3.63) is 77.1 Å². The summed E-state index contributed by atoms with van der Waals surface area (Å²) in [4.78, 5) is 30.2. The average molecular weight is 465 g/mol. The second kappa shape index (κ2) is 11.5. The lowest BCUT2D eigenvalue weighted by atomic mass is 9.94. The van der Waals surface area contributed by atoms with Gasteiger partial charge in [0.15, 0.2) is 11.5 Å². The van der Waals surface area contributed by atoms with Crippen molar-refractivity contribution in [3.8, 4) is 11.5 Å². The van der Waals surface area contributed by atoms with Gasteiger partial charge in [-0.05, 0) is 42.9 Å². The van der Waals surface area contributed by atoms with Crippen molar-refractivity contribution in [2.75, 3.05) is 40.4 Å². The summed E-state index contributed by atoms with van der Waals surface area (Å²) in [6, 6.07) is 13.8. The molecule has 0 fully saturated rings. The Kier molecular flexibility index (Phi) is 8.49. The molecule has 0 saturated heterocycles. The Morgan fingerprint density at radius 3 is 2.41 bits per heavy atom. The lowest BCUT2D eigenvalue weighted by molar-refractivity contribution is -0.129. The molecule has 1 amide bonds. The number of hydrogen-bond donors (Lipinski definition) is 1. The Labute approximate surface area is 200 Å². The number of likely N-dealkylation sites (N-methyl/N-ethyl adjacent to an activating group) is 1. The number of hydrogen-bond acceptors (Lipinski definition) is 6. The molecule has 180 valence electrons. The molecule has 1 aliphatic heterocycles. The van der Waals surface area contributed by atoms with Crippen molar-refractivity contribution >= 4 is 17.8 Å². The Hall–Kier alpha value is -3.58. The minimum Gasteiger partial charge on any atom is -0.503 e. The Morgan fingerprint density at radius 1 is 1.09 bits per heavy atom. The maximum atomic E-state index is 13.3. The molecular weight excluding hydrogens is 432 g/mol. The van der Waals surface area contributed by atoms with Gasteiger partial charge in [-0.15, -0.1) is 0 Å². The zero-order valence-corrected chi connectivity index (χ0v) is 20.2. The van der Waals surface area contributed by atoms with E-state index in [1.54, 1.807) is 31.4 Å². The predicted molar refractivity (Wildman–Crippen MR) is 132 cm³/mol. The molecule has 1 unspecified atom stereocenters. The van der Waals surface area contributed by atoms with Crippen LogP contribution in [0.1, 0.15) is 31.0 Å². The fourth-order valence-corrected chi connectivity index (χ4v) is 4.13. The van der Waals surface area contributed by atoms with E-state index in [-0.39, 0.29) is 5.57 Å². The van der Waals surface area contributed by atoms with Crippen molar-refractivity contribution in [1.29, 1.82) is 0 Å². The minimum absolute atomic E-state index is 0.0308. The number of aliphatic hydroxyl groups is 1. The van der Waals surface area contributed by atoms with Crippen LogP contribution in [-0.4, -0.2) is 67.0 Å². The average Bonchev–Trinajstić information content (AvgIpc) is 3.13. The first-order chi connectivity index (χ1) is 16.4. The number of allylic oxidation sites excluding steroid dienone is 1. The number of carbonyl (C=O) groups is 2. The van der Waals surface area contributed by atoms with Gasteiger partial charge in [0.05, 0.1) is 25.8 Å². The molecule has 0 saturated carbocycles. The lowest BCUT2D eigenvalue weighted by Crippen LogP contribution is -2.38. The number of amides is 1. The summed E-state index contributed by atoms with van der Waals surface area (Å²) >= 11 is 0. The van der Waals surface area contributed by atoms with Gasteiger partial charge in [0.1, 0.15) is 11.5 Å². The molecule has 7 nitrogen and oxygen atoms in total. The number of ketones is 1. The molecule has 2 aromatic carbocycles. The predicted octanol–water partition coefficient (Wildman–Crippen LogP) is 4.02. The van der Waals surface area contributed by atoms with Crippen molar-refractivity contribution < 1.29 is 24.2 Å². The van der Waals surface area contributed by atoms with Gasteiger partial charge in [-0.25, -0.2) is 0 Å². The standard InChI is InChI=1S/C27H32N2O5/c1-5-28(6-2)16-17-29-25(21-18-20(33-3)13-15-23(21)34-4)24(26(31)27(29)32)22(30)14-12-19-10-8-7-9-11-19/h7-15,18,25,31H,5-6,16-17H2,1-4H3/b14-12+. The number of methoxy groups -OCH3 is 2. The van der Waals surface area contributed by atoms with Crippen molar-refractivity contribution in [3.63, 3.8) is 0 Å². The third-order valence-electron chi connectivity index (χ3n) is 6.08. The quantitative estimate of drug-likeness (QED) is 0.506. The van der Waals surface area contributed by atoms with Crippen LogP contribution >= 0.6 is 0 Å². The number of benzene rings is 2. The molecule has 3 rings (SSSR count). The monoisotopic (exact) mass is 464 g/mol. The van der Waals surface area contributed by atoms with Crippen molar-refractivity contribution in [1.82, 2.24) is 9.80 Å². The fraction of sp³-hybridized carbons (Fsp3) is 0.333. The smallest absolute Gasteiger partial charge is 0.290 e. The van der Waals surface area contributed by atoms with E-state index in [2.05, 4.69) is 18.7 Å². The maximum Gasteiger partial charge on any atom is 0.290 e. The van der Waals surface area contributed by atoms with E-state index in [1.165, 1.54) is 18.1 Å². The summed E-state index contributed by atoms with van der Waals surface area (Å²) in [5, 5.41) is 10.8. The second-order valence-electron chi connectivity index (χ2n) is 7.91. The van der Waals surface area contributed by atoms with Gasteiger partial charge in [0, 0.05) is 18.7 Å². The molecule has 0 aliphatic carbocycles. The van der Waals surface area contributed by atoms with Gasteiger partial charge in [0.2, 0.25) is 0 Å². The Bertz CT molecular complexity index is 1070. The summed E-state index contributed by atoms with van der Waals surface area (Å²) in [6.45, 7) is 6.71. The van der Waals surface area contributed by atoms with Crippen LogP contribution in [0.2, 0.25) is 0 Å². The van der Waals surface area contributed by atoms with Crippen LogP contribution in [0.3, 0.4) is 0 Å². The highest BCUT2D eigenvalue weighted by atomic mass is 16.5. The second-order valence-corrected chi connectivity index (χ2v) is 7.91. The van der Waals surface area contributed by atoms with Crippen LogP contribution in [0.25, 0.3) is 6.08 Å². The maximum absolute atomic E-state index is 13.3. The van der Waals surface area contributed by atoms with Crippen LogP contribution in [0, 0.1) is 0 Å². The fourth-order valence-electron chi connectivity index (χ4n) is 4.13. The van der Waals surface area contributed by atoms with Gasteiger partial charge >= 0.3 is 0 Å². The van der Waals surface area contributed by atoms with Crippen LogP contribution < -0.4 is 9.47 Å². The van der Waals surface area contributed by atoms with Crippen molar-refractivity contribution in [2.45, 2.75) is 19.9 Å². The molecule has 1 atom stereocenters. The molecule has 0 aromatic heterocycles. The minimum atomic E-state index is -0.805. The number of carbonyl (C=O) groups excluding carboxylic acids is 2. The topological polar surface area (TPSA) is 79.3 Å². The molecule has 0 spiro atoms. The third kappa shape index (κ3) is 5.31. The molecule has 0 bridgehead atoms. The van der Waals surface area contributed by atoms with Gasteiger partial charge in [-0.2, -0.15) is 0 Å². The van der Waals surface area contributed by atoms with E-state index in [1.807, 2.05) is 30.3 Å². The molecule has 1 N–H and O–H groups in total. The molecule has 2 aromatic rings. The van der Waals surface area contributed by atoms with Crippen molar-refractivity contribution in [2.24, 2.45) is 0 Å². The normalized spacial score (nSPS) is 16.1. The lowest BCUT2D eigenvalue weighted by Gasteiger charge is -2.30. The van der Waals surface area contributed by atoms with Crippen LogP contribution in [0.5, 0.6) is 11.5 Å². The van der Waals surface area contributed by atoms with Crippen LogP contribution in [-0.2, 0) is 9.59 Å². The van der Waals surface area contributed by atoms with Gasteiger partial charge in [-0.1, -0.05) is 50.3 Å². The van der Waals surface area contributed by atoms with Gasteiger partial charge in [0.25, 0.3) is 5.91 Å². The summed E-state index contributed by atoms with van der Waals surface area (Å²) in [5.74, 6) is -0.478. The first-order valence-electron chi connectivity index (χ1n) is 11.4. The SMILES string of the molecule is CCN(CC)CCN1C(=O)C(O)=C(C(=O)/C=C/c2ccccc2)C1c1cc(OC)ccc1OC. The van der Waals surface area contributed by atoms with Gasteiger partial charge < -0.3 is 24.4 Å². The Balaban J connectivity index is 2.05. The third-order valence-corrected chi connectivity index (χ3v) is 6.08. The summed E-state index contributed by atoms with van der Waals surface area (Å²) in [5.41, 5.74) is 1.45. The van der Waals surface area contributed by atoms with E-state index < -0.39 is 23.5 Å². The number of nitrogens with zero attached hydrogens (tertiary/aromatic N) is 2. The van der Waals surface area contributed by atoms with E-state index in [0.29, 0.717) is 30.2 Å². The number of ether oxygens (including phenoxy) is 2. The number of aliphatic hydroxyl groups excluding tert-OH is 1. The molecule has 7 heteroatoms. The van der Waals surface area contributed by atoms with Crippen LogP contribution in [0.4, 0.5) is 0 Å². The summed E-state index contributed by atoms with van der Waals surface area (Å²) in [6.07, 6.45) is 3.06. The highest BCUT2D eigenvalue weighted by molar-refractivity contribution is 6.14. The first kappa shape index (κ1) is 25.1. The molecule has 0 radical (unpaired) electrons. The first-order valence-corrected chi connectivity index (χ1v) is 11.4. The number of rotatable bonds is 11. The summed E-state index contributed by atoms with van der Waals surface area (Å²) < 4.78 is 11.0. The zero-order valence-electron chi connectivity index (χ0n) is 20.2. The molecule has 1 aliphatic rings. The highest BCUT2D eigenvalue weighted by Crippen LogP contribution is 2.42.